The minimum Gasteiger partial charge on any atom is -0.495 e. The molecule has 0 radical (unpaired) electrons. The fraction of sp³-hybridized carbons (Fsp3) is 0.462. The molecule has 0 aromatic heterocycles. The van der Waals surface area contributed by atoms with Gasteiger partial charge in [-0.3, -0.25) is 9.52 Å². The van der Waals surface area contributed by atoms with E-state index in [0.717, 1.165) is 0 Å². The smallest absolute Gasteiger partial charge is 0.306 e. The van der Waals surface area contributed by atoms with Gasteiger partial charge in [-0.25, -0.2) is 0 Å². The number of nitrogens with one attached hydrogen (secondary N) is 1. The zero-order chi connectivity index (χ0) is 15.5. The first-order valence-corrected chi connectivity index (χ1v) is 8.02. The first kappa shape index (κ1) is 15.6. The van der Waals surface area contributed by atoms with E-state index in [9.17, 15) is 13.2 Å². The maximum absolute atomic E-state index is 12.3. The number of para-hydroxylation sites is 2. The first-order valence-electron chi connectivity index (χ1n) is 6.58. The molecule has 0 atom stereocenters. The van der Waals surface area contributed by atoms with Gasteiger partial charge in [0.05, 0.1) is 18.7 Å². The standard InChI is InChI=1S/C13H18N2O5S/c1-20-12-5-3-2-4-11(12)14-21(18,19)15-8-6-10(7-9-15)13(16)17/h2-5,10,14H,6-9H2,1H3,(H,16,17). The van der Waals surface area contributed by atoms with Gasteiger partial charge in [0.1, 0.15) is 5.75 Å². The summed E-state index contributed by atoms with van der Waals surface area (Å²) in [6.07, 6.45) is 0.643. The highest BCUT2D eigenvalue weighted by molar-refractivity contribution is 7.90. The number of ether oxygens (including phenoxy) is 1. The molecule has 2 rings (SSSR count). The van der Waals surface area contributed by atoms with E-state index in [1.807, 2.05) is 0 Å². The molecule has 8 heteroatoms. The van der Waals surface area contributed by atoms with Crippen molar-refractivity contribution in [3.63, 3.8) is 0 Å². The summed E-state index contributed by atoms with van der Waals surface area (Å²) in [6.45, 7) is 0.392. The van der Waals surface area contributed by atoms with Crippen LogP contribution in [0.3, 0.4) is 0 Å². The minimum atomic E-state index is -3.71. The number of anilines is 1. The van der Waals surface area contributed by atoms with Crippen LogP contribution in [0, 0.1) is 5.92 Å². The maximum atomic E-state index is 12.3. The Labute approximate surface area is 123 Å². The number of aliphatic carboxylic acids is 1. The van der Waals surface area contributed by atoms with Gasteiger partial charge in [-0.1, -0.05) is 12.1 Å². The van der Waals surface area contributed by atoms with Crippen LogP contribution in [0.4, 0.5) is 5.69 Å². The molecule has 1 heterocycles. The second-order valence-corrected chi connectivity index (χ2v) is 6.49. The third-order valence-corrected chi connectivity index (χ3v) is 5.01. The fourth-order valence-corrected chi connectivity index (χ4v) is 3.54. The number of carboxylic acid groups (broad SMARTS) is 1. The van der Waals surface area contributed by atoms with Crippen LogP contribution in [0.2, 0.25) is 0 Å². The molecule has 1 aliphatic heterocycles. The number of nitrogens with zero attached hydrogens (tertiary/aromatic N) is 1. The molecule has 0 amide bonds. The highest BCUT2D eigenvalue weighted by atomic mass is 32.2. The van der Waals surface area contributed by atoms with Gasteiger partial charge in [-0.15, -0.1) is 0 Å². The molecule has 0 spiro atoms. The molecule has 0 unspecified atom stereocenters. The molecule has 116 valence electrons. The van der Waals surface area contributed by atoms with E-state index in [0.29, 0.717) is 24.3 Å². The van der Waals surface area contributed by atoms with Crippen molar-refractivity contribution in [1.29, 1.82) is 0 Å². The van der Waals surface area contributed by atoms with E-state index in [-0.39, 0.29) is 13.1 Å². The Morgan fingerprint density at radius 2 is 1.95 bits per heavy atom. The summed E-state index contributed by atoms with van der Waals surface area (Å²) in [5, 5.41) is 8.93. The number of piperidine rings is 1. The van der Waals surface area contributed by atoms with Crippen molar-refractivity contribution in [3.05, 3.63) is 24.3 Å². The van der Waals surface area contributed by atoms with E-state index in [1.165, 1.54) is 11.4 Å². The summed E-state index contributed by atoms with van der Waals surface area (Å²) in [6, 6.07) is 6.72. The van der Waals surface area contributed by atoms with Crippen molar-refractivity contribution < 1.29 is 23.1 Å². The minimum absolute atomic E-state index is 0.196. The molecule has 1 saturated heterocycles. The molecule has 0 saturated carbocycles. The number of benzene rings is 1. The van der Waals surface area contributed by atoms with Crippen LogP contribution in [0.1, 0.15) is 12.8 Å². The third-order valence-electron chi connectivity index (χ3n) is 3.49. The number of carboxylic acids is 1. The summed E-state index contributed by atoms with van der Waals surface area (Å²) in [7, 11) is -2.24. The van der Waals surface area contributed by atoms with Crippen molar-refractivity contribution in [3.8, 4) is 5.75 Å². The Bertz CT molecular complexity index is 609. The summed E-state index contributed by atoms with van der Waals surface area (Å²) < 4.78 is 33.5. The van der Waals surface area contributed by atoms with Gasteiger partial charge in [0.15, 0.2) is 0 Å². The molecule has 1 aromatic carbocycles. The lowest BCUT2D eigenvalue weighted by atomic mass is 9.99. The molecule has 0 aliphatic carbocycles. The van der Waals surface area contributed by atoms with Gasteiger partial charge in [0.2, 0.25) is 0 Å². The van der Waals surface area contributed by atoms with Crippen LogP contribution in [-0.2, 0) is 15.0 Å². The third kappa shape index (κ3) is 3.64. The lowest BCUT2D eigenvalue weighted by molar-refractivity contribution is -0.142. The van der Waals surface area contributed by atoms with Crippen LogP contribution < -0.4 is 9.46 Å². The summed E-state index contributed by atoms with van der Waals surface area (Å²) >= 11 is 0. The van der Waals surface area contributed by atoms with E-state index in [1.54, 1.807) is 24.3 Å². The molecule has 21 heavy (non-hydrogen) atoms. The Hall–Kier alpha value is -1.80. The topological polar surface area (TPSA) is 95.9 Å². The first-order chi connectivity index (χ1) is 9.94. The van der Waals surface area contributed by atoms with Crippen LogP contribution in [0.25, 0.3) is 0 Å². The molecule has 1 fully saturated rings. The lowest BCUT2D eigenvalue weighted by Crippen LogP contribution is -2.42. The SMILES string of the molecule is COc1ccccc1NS(=O)(=O)N1CCC(C(=O)O)CC1. The monoisotopic (exact) mass is 314 g/mol. The number of carbonyl (C=O) groups is 1. The summed E-state index contributed by atoms with van der Waals surface area (Å²) in [4.78, 5) is 10.9. The van der Waals surface area contributed by atoms with Crippen LogP contribution in [-0.4, -0.2) is 44.0 Å². The Morgan fingerprint density at radius 3 is 2.52 bits per heavy atom. The fourth-order valence-electron chi connectivity index (χ4n) is 2.28. The highest BCUT2D eigenvalue weighted by Gasteiger charge is 2.31. The second kappa shape index (κ2) is 6.31. The Balaban J connectivity index is 2.08. The predicted molar refractivity (Wildman–Crippen MR) is 77.5 cm³/mol. The molecule has 0 bridgehead atoms. The van der Waals surface area contributed by atoms with Gasteiger partial charge < -0.3 is 9.84 Å². The second-order valence-electron chi connectivity index (χ2n) is 4.82. The number of methoxy groups -OCH3 is 1. The van der Waals surface area contributed by atoms with Gasteiger partial charge in [0, 0.05) is 13.1 Å². The largest absolute Gasteiger partial charge is 0.495 e. The molecular formula is C13H18N2O5S. The number of hydrogen-bond donors (Lipinski definition) is 2. The van der Waals surface area contributed by atoms with Gasteiger partial charge in [0.25, 0.3) is 0 Å². The lowest BCUT2D eigenvalue weighted by Gasteiger charge is -2.29. The van der Waals surface area contributed by atoms with Crippen molar-refractivity contribution >= 4 is 21.9 Å². The van der Waals surface area contributed by atoms with Gasteiger partial charge in [-0.05, 0) is 25.0 Å². The predicted octanol–water partition coefficient (Wildman–Crippen LogP) is 1.15. The van der Waals surface area contributed by atoms with E-state index >= 15 is 0 Å². The normalized spacial score (nSPS) is 17.4. The quantitative estimate of drug-likeness (QED) is 0.850. The maximum Gasteiger partial charge on any atom is 0.306 e. The van der Waals surface area contributed by atoms with E-state index in [2.05, 4.69) is 4.72 Å². The molecule has 1 aromatic rings. The molecule has 1 aliphatic rings. The van der Waals surface area contributed by atoms with Crippen molar-refractivity contribution in [2.45, 2.75) is 12.8 Å². The van der Waals surface area contributed by atoms with Gasteiger partial charge in [-0.2, -0.15) is 12.7 Å². The molecular weight excluding hydrogens is 296 g/mol. The average molecular weight is 314 g/mol. The van der Waals surface area contributed by atoms with Gasteiger partial charge >= 0.3 is 16.2 Å². The van der Waals surface area contributed by atoms with Crippen molar-refractivity contribution in [2.24, 2.45) is 5.92 Å². The van der Waals surface area contributed by atoms with E-state index in [4.69, 9.17) is 9.84 Å². The zero-order valence-corrected chi connectivity index (χ0v) is 12.5. The van der Waals surface area contributed by atoms with Crippen LogP contribution in [0.15, 0.2) is 24.3 Å². The summed E-state index contributed by atoms with van der Waals surface area (Å²) in [5.41, 5.74) is 0.361. The zero-order valence-electron chi connectivity index (χ0n) is 11.7. The Kier molecular flexibility index (Phi) is 4.69. The van der Waals surface area contributed by atoms with Crippen LogP contribution in [0.5, 0.6) is 5.75 Å². The van der Waals surface area contributed by atoms with Crippen LogP contribution >= 0.6 is 0 Å². The van der Waals surface area contributed by atoms with E-state index < -0.39 is 22.1 Å². The molecule has 7 nitrogen and oxygen atoms in total. The van der Waals surface area contributed by atoms with Crippen molar-refractivity contribution in [2.75, 3.05) is 24.9 Å². The summed E-state index contributed by atoms with van der Waals surface area (Å²) in [5.74, 6) is -0.908. The number of hydrogen-bond acceptors (Lipinski definition) is 4. The highest BCUT2D eigenvalue weighted by Crippen LogP contribution is 2.26. The van der Waals surface area contributed by atoms with Crippen molar-refractivity contribution in [1.82, 2.24) is 4.31 Å². The average Bonchev–Trinajstić information content (AvgIpc) is 2.47. The Morgan fingerprint density at radius 1 is 1.33 bits per heavy atom. The number of rotatable bonds is 5. The molecule has 2 N–H and O–H groups in total.